The molecule has 1 aromatic carbocycles. The van der Waals surface area contributed by atoms with Gasteiger partial charge in [0.15, 0.2) is 0 Å². The van der Waals surface area contributed by atoms with Crippen LogP contribution < -0.4 is 10.1 Å². The van der Waals surface area contributed by atoms with Gasteiger partial charge in [-0.1, -0.05) is 12.1 Å². The molecule has 110 valence electrons. The minimum absolute atomic E-state index is 0.0443. The molecule has 2 rings (SSSR count). The average Bonchev–Trinajstić information content (AvgIpc) is 2.44. The monoisotopic (exact) mass is 278 g/mol. The van der Waals surface area contributed by atoms with Crippen LogP contribution in [0.1, 0.15) is 19.4 Å². The molecule has 5 heteroatoms. The van der Waals surface area contributed by atoms with Crippen LogP contribution in [0.3, 0.4) is 0 Å². The Bertz CT molecular complexity index is 457. The predicted molar refractivity (Wildman–Crippen MR) is 76.8 cm³/mol. The zero-order valence-corrected chi connectivity index (χ0v) is 12.3. The third kappa shape index (κ3) is 3.87. The van der Waals surface area contributed by atoms with Crippen molar-refractivity contribution in [3.63, 3.8) is 0 Å². The van der Waals surface area contributed by atoms with E-state index in [1.165, 1.54) is 0 Å². The molecule has 20 heavy (non-hydrogen) atoms. The van der Waals surface area contributed by atoms with Crippen LogP contribution in [-0.4, -0.2) is 43.3 Å². The molecule has 0 unspecified atom stereocenters. The number of morpholine rings is 1. The van der Waals surface area contributed by atoms with Crippen LogP contribution in [-0.2, 0) is 11.3 Å². The first kappa shape index (κ1) is 14.7. The van der Waals surface area contributed by atoms with Crippen molar-refractivity contribution in [2.24, 2.45) is 0 Å². The highest BCUT2D eigenvalue weighted by molar-refractivity contribution is 5.74. The predicted octanol–water partition coefficient (Wildman–Crippen LogP) is 2.02. The van der Waals surface area contributed by atoms with Crippen LogP contribution in [0.2, 0.25) is 0 Å². The second-order valence-electron chi connectivity index (χ2n) is 5.54. The summed E-state index contributed by atoms with van der Waals surface area (Å²) in [4.78, 5) is 13.9. The first-order valence-electron chi connectivity index (χ1n) is 6.80. The van der Waals surface area contributed by atoms with Crippen LogP contribution in [0.5, 0.6) is 5.75 Å². The van der Waals surface area contributed by atoms with Gasteiger partial charge >= 0.3 is 6.03 Å². The smallest absolute Gasteiger partial charge is 0.317 e. The normalized spacial score (nSPS) is 17.6. The van der Waals surface area contributed by atoms with Gasteiger partial charge in [0.1, 0.15) is 5.75 Å². The van der Waals surface area contributed by atoms with Gasteiger partial charge in [-0.25, -0.2) is 4.79 Å². The number of methoxy groups -OCH3 is 1. The Morgan fingerprint density at radius 2 is 2.10 bits per heavy atom. The van der Waals surface area contributed by atoms with Crippen molar-refractivity contribution in [2.75, 3.05) is 26.8 Å². The van der Waals surface area contributed by atoms with E-state index >= 15 is 0 Å². The first-order valence-corrected chi connectivity index (χ1v) is 6.80. The van der Waals surface area contributed by atoms with Crippen LogP contribution in [0, 0.1) is 0 Å². The van der Waals surface area contributed by atoms with Gasteiger partial charge in [0.05, 0.1) is 25.9 Å². The van der Waals surface area contributed by atoms with Crippen molar-refractivity contribution in [1.82, 2.24) is 10.2 Å². The summed E-state index contributed by atoms with van der Waals surface area (Å²) in [5.74, 6) is 0.815. The number of carbonyl (C=O) groups is 1. The van der Waals surface area contributed by atoms with E-state index in [-0.39, 0.29) is 11.6 Å². The molecule has 0 aromatic heterocycles. The summed E-state index contributed by atoms with van der Waals surface area (Å²) in [6.07, 6.45) is 0. The van der Waals surface area contributed by atoms with E-state index in [0.29, 0.717) is 26.2 Å². The molecule has 1 fully saturated rings. The second kappa shape index (κ2) is 6.13. The maximum Gasteiger partial charge on any atom is 0.317 e. The summed E-state index contributed by atoms with van der Waals surface area (Å²) in [5, 5.41) is 2.93. The van der Waals surface area contributed by atoms with Crippen molar-refractivity contribution in [3.8, 4) is 5.75 Å². The molecule has 1 aliphatic rings. The Labute approximate surface area is 119 Å². The van der Waals surface area contributed by atoms with E-state index < -0.39 is 0 Å². The largest absolute Gasteiger partial charge is 0.497 e. The van der Waals surface area contributed by atoms with Gasteiger partial charge in [-0.2, -0.15) is 0 Å². The molecule has 0 radical (unpaired) electrons. The quantitative estimate of drug-likeness (QED) is 0.920. The highest BCUT2D eigenvalue weighted by Crippen LogP contribution is 2.16. The first-order chi connectivity index (χ1) is 9.50. The molecule has 0 atom stereocenters. The maximum absolute atomic E-state index is 12.1. The van der Waals surface area contributed by atoms with Crippen LogP contribution in [0.25, 0.3) is 0 Å². The Hall–Kier alpha value is -1.75. The molecule has 1 aliphatic heterocycles. The second-order valence-corrected chi connectivity index (χ2v) is 5.54. The Balaban J connectivity index is 1.85. The Kier molecular flexibility index (Phi) is 4.49. The minimum Gasteiger partial charge on any atom is -0.497 e. The summed E-state index contributed by atoms with van der Waals surface area (Å²) in [5.41, 5.74) is 0.780. The van der Waals surface area contributed by atoms with Gasteiger partial charge in [0.25, 0.3) is 0 Å². The van der Waals surface area contributed by atoms with E-state index in [1.54, 1.807) is 12.0 Å². The third-order valence-corrected chi connectivity index (χ3v) is 3.32. The molecule has 5 nitrogen and oxygen atoms in total. The van der Waals surface area contributed by atoms with E-state index in [9.17, 15) is 4.79 Å². The van der Waals surface area contributed by atoms with Crippen LogP contribution in [0.15, 0.2) is 24.3 Å². The fourth-order valence-corrected chi connectivity index (χ4v) is 2.22. The van der Waals surface area contributed by atoms with Gasteiger partial charge in [0, 0.05) is 13.1 Å². The Morgan fingerprint density at radius 1 is 1.40 bits per heavy atom. The SMILES string of the molecule is COc1ccc(CNC(=O)N2CCOC(C)(C)C2)cc1. The van der Waals surface area contributed by atoms with Gasteiger partial charge in [0.2, 0.25) is 0 Å². The topological polar surface area (TPSA) is 50.8 Å². The number of benzene rings is 1. The van der Waals surface area contributed by atoms with Crippen LogP contribution >= 0.6 is 0 Å². The highest BCUT2D eigenvalue weighted by Gasteiger charge is 2.29. The molecule has 1 heterocycles. The van der Waals surface area contributed by atoms with Crippen molar-refractivity contribution in [3.05, 3.63) is 29.8 Å². The fraction of sp³-hybridized carbons (Fsp3) is 0.533. The summed E-state index contributed by atoms with van der Waals surface area (Å²) in [6.45, 7) is 6.34. The molecule has 0 bridgehead atoms. The molecule has 1 N–H and O–H groups in total. The van der Waals surface area contributed by atoms with Crippen LogP contribution in [0.4, 0.5) is 4.79 Å². The number of nitrogens with zero attached hydrogens (tertiary/aromatic N) is 1. The number of hydrogen-bond donors (Lipinski definition) is 1. The van der Waals surface area contributed by atoms with E-state index in [2.05, 4.69) is 5.32 Å². The van der Waals surface area contributed by atoms with Gasteiger partial charge in [-0.3, -0.25) is 0 Å². The lowest BCUT2D eigenvalue weighted by molar-refractivity contribution is -0.0733. The van der Waals surface area contributed by atoms with E-state index in [1.807, 2.05) is 38.1 Å². The lowest BCUT2D eigenvalue weighted by Gasteiger charge is -2.38. The third-order valence-electron chi connectivity index (χ3n) is 3.32. The highest BCUT2D eigenvalue weighted by atomic mass is 16.5. The van der Waals surface area contributed by atoms with Crippen molar-refractivity contribution in [1.29, 1.82) is 0 Å². The van der Waals surface area contributed by atoms with Crippen molar-refractivity contribution in [2.45, 2.75) is 26.0 Å². The standard InChI is InChI=1S/C15H22N2O3/c1-15(2)11-17(8-9-20-15)14(18)16-10-12-4-6-13(19-3)7-5-12/h4-7H,8-11H2,1-3H3,(H,16,18). The number of rotatable bonds is 3. The summed E-state index contributed by atoms with van der Waals surface area (Å²) >= 11 is 0. The minimum atomic E-state index is -0.268. The van der Waals surface area contributed by atoms with E-state index in [0.717, 1.165) is 11.3 Å². The molecule has 2 amide bonds. The van der Waals surface area contributed by atoms with E-state index in [4.69, 9.17) is 9.47 Å². The van der Waals surface area contributed by atoms with Gasteiger partial charge < -0.3 is 19.7 Å². The lowest BCUT2D eigenvalue weighted by atomic mass is 10.1. The zero-order chi connectivity index (χ0) is 14.6. The van der Waals surface area contributed by atoms with Crippen molar-refractivity contribution >= 4 is 6.03 Å². The number of carbonyl (C=O) groups excluding carboxylic acids is 1. The zero-order valence-electron chi connectivity index (χ0n) is 12.3. The molecular formula is C15H22N2O3. The molecule has 1 aromatic rings. The molecule has 0 spiro atoms. The van der Waals surface area contributed by atoms with Gasteiger partial charge in [-0.15, -0.1) is 0 Å². The number of urea groups is 1. The van der Waals surface area contributed by atoms with Gasteiger partial charge in [-0.05, 0) is 31.5 Å². The lowest BCUT2D eigenvalue weighted by Crippen LogP contribution is -2.53. The number of amides is 2. The molecule has 1 saturated heterocycles. The fourth-order valence-electron chi connectivity index (χ4n) is 2.22. The summed E-state index contributed by atoms with van der Waals surface area (Å²) in [7, 11) is 1.64. The maximum atomic E-state index is 12.1. The number of hydrogen-bond acceptors (Lipinski definition) is 3. The molecule has 0 aliphatic carbocycles. The molecule has 0 saturated carbocycles. The number of ether oxygens (including phenoxy) is 2. The average molecular weight is 278 g/mol. The van der Waals surface area contributed by atoms with Crippen molar-refractivity contribution < 1.29 is 14.3 Å². The summed E-state index contributed by atoms with van der Waals surface area (Å²) in [6, 6.07) is 7.63. The number of nitrogens with one attached hydrogen (secondary N) is 1. The Morgan fingerprint density at radius 3 is 2.70 bits per heavy atom. The molecular weight excluding hydrogens is 256 g/mol. The summed E-state index contributed by atoms with van der Waals surface area (Å²) < 4.78 is 10.7.